The lowest BCUT2D eigenvalue weighted by molar-refractivity contribution is -0.126. The van der Waals surface area contributed by atoms with Crippen LogP contribution in [0.4, 0.5) is 5.69 Å². The molecule has 0 radical (unpaired) electrons. The van der Waals surface area contributed by atoms with Crippen LogP contribution in [-0.2, 0) is 17.9 Å². The van der Waals surface area contributed by atoms with Crippen LogP contribution >= 0.6 is 0 Å². The van der Waals surface area contributed by atoms with Crippen LogP contribution in [0.3, 0.4) is 0 Å². The molecule has 4 nitrogen and oxygen atoms in total. The molecule has 30 heavy (non-hydrogen) atoms. The number of hydrogen-bond acceptors (Lipinski definition) is 3. The fourth-order valence-corrected chi connectivity index (χ4v) is 4.73. The number of piperidine rings is 2. The van der Waals surface area contributed by atoms with Gasteiger partial charge in [0.05, 0.1) is 0 Å². The standard InChI is InChI=1S/C26H35N3O/c1-21-6-5-7-23(18-21)20-28-16-12-24(13-17-28)26(30)27-19-22-8-10-25(11-9-22)29-14-3-2-4-15-29/h5-11,18,24H,2-4,12-17,19-20H2,1H3,(H,27,30). The van der Waals surface area contributed by atoms with E-state index in [9.17, 15) is 4.79 Å². The van der Waals surface area contributed by atoms with Gasteiger partial charge in [0.15, 0.2) is 0 Å². The highest BCUT2D eigenvalue weighted by molar-refractivity contribution is 5.78. The average molecular weight is 406 g/mol. The number of rotatable bonds is 6. The zero-order valence-electron chi connectivity index (χ0n) is 18.3. The molecular weight excluding hydrogens is 370 g/mol. The van der Waals surface area contributed by atoms with Gasteiger partial charge in [-0.3, -0.25) is 9.69 Å². The lowest BCUT2D eigenvalue weighted by atomic mass is 9.95. The minimum Gasteiger partial charge on any atom is -0.372 e. The molecule has 0 atom stereocenters. The van der Waals surface area contributed by atoms with E-state index >= 15 is 0 Å². The second kappa shape index (κ2) is 10.1. The topological polar surface area (TPSA) is 35.6 Å². The van der Waals surface area contributed by atoms with E-state index in [2.05, 4.69) is 70.6 Å². The third-order valence-electron chi connectivity index (χ3n) is 6.57. The molecule has 0 spiro atoms. The van der Waals surface area contributed by atoms with Gasteiger partial charge in [-0.25, -0.2) is 0 Å². The Labute approximate surface area is 181 Å². The first-order chi connectivity index (χ1) is 14.7. The molecule has 1 N–H and O–H groups in total. The number of benzene rings is 2. The third kappa shape index (κ3) is 5.63. The van der Waals surface area contributed by atoms with Crippen molar-refractivity contribution in [2.75, 3.05) is 31.1 Å². The van der Waals surface area contributed by atoms with E-state index in [4.69, 9.17) is 0 Å². The molecule has 160 valence electrons. The van der Waals surface area contributed by atoms with Gasteiger partial charge in [0.1, 0.15) is 0 Å². The number of nitrogens with zero attached hydrogens (tertiary/aromatic N) is 2. The van der Waals surface area contributed by atoms with Crippen LogP contribution in [0.1, 0.15) is 48.8 Å². The van der Waals surface area contributed by atoms with Gasteiger partial charge < -0.3 is 10.2 Å². The fraction of sp³-hybridized carbons (Fsp3) is 0.500. The summed E-state index contributed by atoms with van der Waals surface area (Å²) in [5.74, 6) is 0.358. The Kier molecular flexibility index (Phi) is 7.06. The van der Waals surface area contributed by atoms with Crippen molar-refractivity contribution >= 4 is 11.6 Å². The van der Waals surface area contributed by atoms with Crippen molar-refractivity contribution in [2.24, 2.45) is 5.92 Å². The predicted octanol–water partition coefficient (Wildman–Crippen LogP) is 4.51. The molecule has 2 fully saturated rings. The van der Waals surface area contributed by atoms with Crippen molar-refractivity contribution in [2.45, 2.75) is 52.1 Å². The summed E-state index contributed by atoms with van der Waals surface area (Å²) in [6, 6.07) is 17.5. The van der Waals surface area contributed by atoms with Gasteiger partial charge in [-0.1, -0.05) is 42.0 Å². The molecule has 0 unspecified atom stereocenters. The van der Waals surface area contributed by atoms with Crippen molar-refractivity contribution in [3.05, 3.63) is 65.2 Å². The number of anilines is 1. The maximum atomic E-state index is 12.7. The lowest BCUT2D eigenvalue weighted by Gasteiger charge is -2.31. The van der Waals surface area contributed by atoms with Crippen molar-refractivity contribution in [3.63, 3.8) is 0 Å². The quantitative estimate of drug-likeness (QED) is 0.768. The van der Waals surface area contributed by atoms with Gasteiger partial charge in [-0.2, -0.15) is 0 Å². The predicted molar refractivity (Wildman–Crippen MR) is 124 cm³/mol. The molecule has 0 saturated carbocycles. The van der Waals surface area contributed by atoms with E-state index in [0.29, 0.717) is 6.54 Å². The van der Waals surface area contributed by atoms with E-state index in [1.807, 2.05) is 0 Å². The van der Waals surface area contributed by atoms with E-state index in [1.54, 1.807) is 0 Å². The normalized spacial score (nSPS) is 18.4. The molecule has 2 aromatic rings. The molecule has 0 aliphatic carbocycles. The second-order valence-corrected chi connectivity index (χ2v) is 8.97. The average Bonchev–Trinajstić information content (AvgIpc) is 2.79. The van der Waals surface area contributed by atoms with Crippen molar-refractivity contribution in [1.82, 2.24) is 10.2 Å². The number of carbonyl (C=O) groups excluding carboxylic acids is 1. The first kappa shape index (κ1) is 20.9. The number of hydrogen-bond donors (Lipinski definition) is 1. The summed E-state index contributed by atoms with van der Waals surface area (Å²) in [6.07, 6.45) is 5.84. The summed E-state index contributed by atoms with van der Waals surface area (Å²) in [5.41, 5.74) is 5.17. The molecule has 1 amide bonds. The van der Waals surface area contributed by atoms with E-state index in [-0.39, 0.29) is 11.8 Å². The smallest absolute Gasteiger partial charge is 0.223 e. The van der Waals surface area contributed by atoms with Gasteiger partial charge in [-0.05, 0) is 75.4 Å². The summed E-state index contributed by atoms with van der Waals surface area (Å²) in [5, 5.41) is 3.17. The van der Waals surface area contributed by atoms with E-state index in [1.165, 1.54) is 54.7 Å². The van der Waals surface area contributed by atoms with Crippen LogP contribution < -0.4 is 10.2 Å². The largest absolute Gasteiger partial charge is 0.372 e. The summed E-state index contributed by atoms with van der Waals surface area (Å²) in [7, 11) is 0. The van der Waals surface area contributed by atoms with Crippen molar-refractivity contribution in [1.29, 1.82) is 0 Å². The zero-order chi connectivity index (χ0) is 20.8. The summed E-state index contributed by atoms with van der Waals surface area (Å²) in [4.78, 5) is 17.6. The first-order valence-corrected chi connectivity index (χ1v) is 11.6. The highest BCUT2D eigenvalue weighted by Gasteiger charge is 2.24. The second-order valence-electron chi connectivity index (χ2n) is 8.97. The number of amides is 1. The van der Waals surface area contributed by atoms with Crippen molar-refractivity contribution in [3.8, 4) is 0 Å². The molecule has 2 saturated heterocycles. The van der Waals surface area contributed by atoms with Gasteiger partial charge in [0.2, 0.25) is 5.91 Å². The van der Waals surface area contributed by atoms with Gasteiger partial charge in [0.25, 0.3) is 0 Å². The summed E-state index contributed by atoms with van der Waals surface area (Å²) >= 11 is 0. The van der Waals surface area contributed by atoms with Crippen LogP contribution in [0.5, 0.6) is 0 Å². The lowest BCUT2D eigenvalue weighted by Crippen LogP contribution is -2.40. The SMILES string of the molecule is Cc1cccc(CN2CCC(C(=O)NCc3ccc(N4CCCCC4)cc3)CC2)c1. The number of likely N-dealkylation sites (tertiary alicyclic amines) is 1. The Balaban J connectivity index is 1.20. The maximum Gasteiger partial charge on any atom is 0.223 e. The van der Waals surface area contributed by atoms with Gasteiger partial charge in [-0.15, -0.1) is 0 Å². The monoisotopic (exact) mass is 405 g/mol. The fourth-order valence-electron chi connectivity index (χ4n) is 4.73. The van der Waals surface area contributed by atoms with Crippen LogP contribution in [0.15, 0.2) is 48.5 Å². The van der Waals surface area contributed by atoms with Crippen molar-refractivity contribution < 1.29 is 4.79 Å². The number of carbonyl (C=O) groups is 1. The molecule has 4 heteroatoms. The van der Waals surface area contributed by atoms with Gasteiger partial charge in [0, 0.05) is 37.8 Å². The molecular formula is C26H35N3O. The Bertz CT molecular complexity index is 818. The van der Waals surface area contributed by atoms with Crippen LogP contribution in [0, 0.1) is 12.8 Å². The Morgan fingerprint density at radius 3 is 2.37 bits per heavy atom. The highest BCUT2D eigenvalue weighted by atomic mass is 16.1. The molecule has 0 bridgehead atoms. The van der Waals surface area contributed by atoms with Crippen LogP contribution in [0.25, 0.3) is 0 Å². The summed E-state index contributed by atoms with van der Waals surface area (Å²) in [6.45, 7) is 8.08. The van der Waals surface area contributed by atoms with Gasteiger partial charge >= 0.3 is 0 Å². The Morgan fingerprint density at radius 2 is 1.67 bits per heavy atom. The Morgan fingerprint density at radius 1 is 0.933 bits per heavy atom. The highest BCUT2D eigenvalue weighted by Crippen LogP contribution is 2.21. The molecule has 2 heterocycles. The molecule has 2 aliphatic heterocycles. The molecule has 2 aliphatic rings. The number of aryl methyl sites for hydroxylation is 1. The molecule has 4 rings (SSSR count). The zero-order valence-corrected chi connectivity index (χ0v) is 18.3. The minimum atomic E-state index is 0.145. The maximum absolute atomic E-state index is 12.7. The first-order valence-electron chi connectivity index (χ1n) is 11.6. The Hall–Kier alpha value is -2.33. The van der Waals surface area contributed by atoms with Crippen LogP contribution in [0.2, 0.25) is 0 Å². The van der Waals surface area contributed by atoms with E-state index < -0.39 is 0 Å². The van der Waals surface area contributed by atoms with Crippen LogP contribution in [-0.4, -0.2) is 37.0 Å². The minimum absolute atomic E-state index is 0.145. The number of nitrogens with one attached hydrogen (secondary N) is 1. The molecule has 0 aromatic heterocycles. The third-order valence-corrected chi connectivity index (χ3v) is 6.57. The van der Waals surface area contributed by atoms with E-state index in [0.717, 1.165) is 32.5 Å². The molecule has 2 aromatic carbocycles. The summed E-state index contributed by atoms with van der Waals surface area (Å²) < 4.78 is 0.